The lowest BCUT2D eigenvalue weighted by molar-refractivity contribution is 0.0987. The number of aryl methyl sites for hydroxylation is 1. The Kier molecular flexibility index (Phi) is 3.69. The number of hydrogen-bond acceptors (Lipinski definition) is 2. The van der Waals surface area contributed by atoms with Gasteiger partial charge in [0.2, 0.25) is 0 Å². The minimum absolute atomic E-state index is 0.165. The Morgan fingerprint density at radius 1 is 1.29 bits per heavy atom. The Bertz CT molecular complexity index is 307. The van der Waals surface area contributed by atoms with Crippen LogP contribution in [0.5, 0.6) is 5.75 Å². The molecule has 0 atom stereocenters. The molecule has 0 N–H and O–H groups in total. The van der Waals surface area contributed by atoms with Gasteiger partial charge in [0, 0.05) is 12.0 Å². The quantitative estimate of drug-likeness (QED) is 0.686. The van der Waals surface area contributed by atoms with Crippen LogP contribution in [0.2, 0.25) is 0 Å². The lowest BCUT2D eigenvalue weighted by Gasteiger charge is -2.06. The van der Waals surface area contributed by atoms with Gasteiger partial charge in [-0.25, -0.2) is 0 Å². The van der Waals surface area contributed by atoms with Gasteiger partial charge in [-0.05, 0) is 30.2 Å². The summed E-state index contributed by atoms with van der Waals surface area (Å²) in [5.41, 5.74) is 1.89. The normalized spacial score (nSPS) is 9.93. The average Bonchev–Trinajstić information content (AvgIpc) is 2.27. The zero-order valence-electron chi connectivity index (χ0n) is 8.96. The van der Waals surface area contributed by atoms with Crippen molar-refractivity contribution in [2.45, 2.75) is 26.7 Å². The molecule has 1 aromatic rings. The number of Topliss-reactive ketones (excluding diaryl/α,β-unsaturated/α-hetero) is 1. The zero-order chi connectivity index (χ0) is 10.6. The van der Waals surface area contributed by atoms with Crippen molar-refractivity contribution in [3.63, 3.8) is 0 Å². The van der Waals surface area contributed by atoms with Crippen molar-refractivity contribution in [1.82, 2.24) is 0 Å². The summed E-state index contributed by atoms with van der Waals surface area (Å²) in [6.07, 6.45) is 1.46. The lowest BCUT2D eigenvalue weighted by Crippen LogP contribution is -1.99. The summed E-state index contributed by atoms with van der Waals surface area (Å²) < 4.78 is 5.14. The fourth-order valence-corrected chi connectivity index (χ4v) is 1.35. The standard InChI is InChI=1S/C12H16O2/c1-4-9-6-10(12(13)5-2)8-11(7-9)14-3/h6-8H,4-5H2,1-3H3. The fourth-order valence-electron chi connectivity index (χ4n) is 1.35. The van der Waals surface area contributed by atoms with Crippen LogP contribution in [0.3, 0.4) is 0 Å². The highest BCUT2D eigenvalue weighted by Gasteiger charge is 2.06. The molecule has 0 unspecified atom stereocenters. The molecule has 14 heavy (non-hydrogen) atoms. The van der Waals surface area contributed by atoms with Crippen LogP contribution < -0.4 is 4.74 Å². The molecule has 0 heterocycles. The first kappa shape index (κ1) is 10.8. The molecule has 1 aromatic carbocycles. The summed E-state index contributed by atoms with van der Waals surface area (Å²) in [4.78, 5) is 11.5. The Hall–Kier alpha value is -1.31. The van der Waals surface area contributed by atoms with Gasteiger partial charge in [-0.2, -0.15) is 0 Å². The van der Waals surface area contributed by atoms with E-state index in [9.17, 15) is 4.79 Å². The molecule has 0 aliphatic rings. The predicted octanol–water partition coefficient (Wildman–Crippen LogP) is 2.85. The summed E-state index contributed by atoms with van der Waals surface area (Å²) in [5.74, 6) is 0.930. The van der Waals surface area contributed by atoms with Gasteiger partial charge in [-0.3, -0.25) is 4.79 Å². The molecular formula is C12H16O2. The molecule has 2 heteroatoms. The third-order valence-corrected chi connectivity index (χ3v) is 2.25. The molecule has 0 radical (unpaired) electrons. The van der Waals surface area contributed by atoms with Gasteiger partial charge in [0.25, 0.3) is 0 Å². The third kappa shape index (κ3) is 2.34. The SMILES string of the molecule is CCC(=O)c1cc(CC)cc(OC)c1. The summed E-state index contributed by atoms with van der Waals surface area (Å²) in [7, 11) is 1.62. The maximum Gasteiger partial charge on any atom is 0.162 e. The van der Waals surface area contributed by atoms with Gasteiger partial charge in [-0.15, -0.1) is 0 Å². The Labute approximate surface area is 84.9 Å². The number of carbonyl (C=O) groups excluding carboxylic acids is 1. The van der Waals surface area contributed by atoms with E-state index in [0.29, 0.717) is 6.42 Å². The van der Waals surface area contributed by atoms with Crippen molar-refractivity contribution in [1.29, 1.82) is 0 Å². The van der Waals surface area contributed by atoms with Crippen LogP contribution in [0, 0.1) is 0 Å². The maximum atomic E-state index is 11.5. The van der Waals surface area contributed by atoms with Crippen LogP contribution in [-0.2, 0) is 6.42 Å². The van der Waals surface area contributed by atoms with E-state index in [-0.39, 0.29) is 5.78 Å². The summed E-state index contributed by atoms with van der Waals surface area (Å²) >= 11 is 0. The number of carbonyl (C=O) groups is 1. The van der Waals surface area contributed by atoms with E-state index >= 15 is 0 Å². The molecule has 0 saturated carbocycles. The van der Waals surface area contributed by atoms with Crippen LogP contribution >= 0.6 is 0 Å². The molecule has 0 bridgehead atoms. The number of ketones is 1. The second-order valence-corrected chi connectivity index (χ2v) is 3.20. The number of hydrogen-bond donors (Lipinski definition) is 0. The highest BCUT2D eigenvalue weighted by atomic mass is 16.5. The fraction of sp³-hybridized carbons (Fsp3) is 0.417. The highest BCUT2D eigenvalue weighted by molar-refractivity contribution is 5.96. The molecule has 0 aliphatic heterocycles. The van der Waals surface area contributed by atoms with Crippen molar-refractivity contribution in [3.05, 3.63) is 29.3 Å². The number of benzene rings is 1. The number of methoxy groups -OCH3 is 1. The summed E-state index contributed by atoms with van der Waals surface area (Å²) in [6, 6.07) is 5.70. The van der Waals surface area contributed by atoms with Gasteiger partial charge in [0.1, 0.15) is 5.75 Å². The van der Waals surface area contributed by atoms with Gasteiger partial charge >= 0.3 is 0 Å². The molecule has 0 saturated heterocycles. The lowest BCUT2D eigenvalue weighted by atomic mass is 10.0. The number of rotatable bonds is 4. The van der Waals surface area contributed by atoms with E-state index in [1.54, 1.807) is 13.2 Å². The molecule has 0 aromatic heterocycles. The largest absolute Gasteiger partial charge is 0.497 e. The average molecular weight is 192 g/mol. The second kappa shape index (κ2) is 4.80. The molecule has 2 nitrogen and oxygen atoms in total. The van der Waals surface area contributed by atoms with Crippen LogP contribution in [0.15, 0.2) is 18.2 Å². The van der Waals surface area contributed by atoms with E-state index in [2.05, 4.69) is 6.92 Å². The molecule has 0 aliphatic carbocycles. The van der Waals surface area contributed by atoms with Gasteiger partial charge in [0.05, 0.1) is 7.11 Å². The summed E-state index contributed by atoms with van der Waals surface area (Å²) in [5, 5.41) is 0. The highest BCUT2D eigenvalue weighted by Crippen LogP contribution is 2.18. The number of ether oxygens (including phenoxy) is 1. The maximum absolute atomic E-state index is 11.5. The van der Waals surface area contributed by atoms with Crippen LogP contribution in [0.1, 0.15) is 36.2 Å². The van der Waals surface area contributed by atoms with Gasteiger partial charge in [-0.1, -0.05) is 13.8 Å². The monoisotopic (exact) mass is 192 g/mol. The Balaban J connectivity index is 3.10. The first-order valence-electron chi connectivity index (χ1n) is 4.92. The molecular weight excluding hydrogens is 176 g/mol. The summed E-state index contributed by atoms with van der Waals surface area (Å²) in [6.45, 7) is 3.93. The molecule has 76 valence electrons. The van der Waals surface area contributed by atoms with Crippen LogP contribution in [0.4, 0.5) is 0 Å². The molecule has 1 rings (SSSR count). The molecule has 0 spiro atoms. The van der Waals surface area contributed by atoms with Crippen molar-refractivity contribution >= 4 is 5.78 Å². The van der Waals surface area contributed by atoms with Crippen LogP contribution in [0.25, 0.3) is 0 Å². The first-order valence-corrected chi connectivity index (χ1v) is 4.92. The first-order chi connectivity index (χ1) is 6.71. The third-order valence-electron chi connectivity index (χ3n) is 2.25. The smallest absolute Gasteiger partial charge is 0.162 e. The minimum atomic E-state index is 0.165. The van der Waals surface area contributed by atoms with Crippen molar-refractivity contribution in [2.24, 2.45) is 0 Å². The van der Waals surface area contributed by atoms with E-state index in [0.717, 1.165) is 23.3 Å². The van der Waals surface area contributed by atoms with E-state index in [1.165, 1.54) is 0 Å². The Morgan fingerprint density at radius 3 is 2.50 bits per heavy atom. The molecule has 0 amide bonds. The van der Waals surface area contributed by atoms with Crippen molar-refractivity contribution < 1.29 is 9.53 Å². The van der Waals surface area contributed by atoms with E-state index in [1.807, 2.05) is 19.1 Å². The van der Waals surface area contributed by atoms with E-state index < -0.39 is 0 Å². The zero-order valence-corrected chi connectivity index (χ0v) is 8.96. The van der Waals surface area contributed by atoms with Gasteiger partial charge in [0.15, 0.2) is 5.78 Å². The van der Waals surface area contributed by atoms with Crippen molar-refractivity contribution in [3.8, 4) is 5.75 Å². The van der Waals surface area contributed by atoms with Crippen molar-refractivity contribution in [2.75, 3.05) is 7.11 Å². The minimum Gasteiger partial charge on any atom is -0.497 e. The second-order valence-electron chi connectivity index (χ2n) is 3.20. The Morgan fingerprint density at radius 2 is 2.00 bits per heavy atom. The molecule has 0 fully saturated rings. The predicted molar refractivity (Wildman–Crippen MR) is 57.0 cm³/mol. The van der Waals surface area contributed by atoms with Crippen LogP contribution in [-0.4, -0.2) is 12.9 Å². The van der Waals surface area contributed by atoms with Gasteiger partial charge < -0.3 is 4.74 Å². The topological polar surface area (TPSA) is 26.3 Å². The van der Waals surface area contributed by atoms with E-state index in [4.69, 9.17) is 4.74 Å².